The summed E-state index contributed by atoms with van der Waals surface area (Å²) < 4.78 is 0. The zero-order valence-corrected chi connectivity index (χ0v) is 22.7. The molecule has 10 heteroatoms. The maximum atomic E-state index is 13.6. The quantitative estimate of drug-likeness (QED) is 0.235. The molecule has 208 valence electrons. The molecular formula is C28H41N5O5. The highest BCUT2D eigenvalue weighted by Gasteiger charge is 2.34. The predicted octanol–water partition coefficient (Wildman–Crippen LogP) is 2.09. The number of rotatable bonds is 13. The summed E-state index contributed by atoms with van der Waals surface area (Å²) in [6.07, 6.45) is 4.50. The fourth-order valence-electron chi connectivity index (χ4n) is 4.82. The summed E-state index contributed by atoms with van der Waals surface area (Å²) in [7, 11) is 0. The van der Waals surface area contributed by atoms with Crippen LogP contribution in [0.15, 0.2) is 30.5 Å². The molecule has 38 heavy (non-hydrogen) atoms. The number of amides is 3. The summed E-state index contributed by atoms with van der Waals surface area (Å²) in [6.45, 7) is 8.24. The number of carbonyl (C=O) groups excluding carboxylic acids is 3. The molecule has 0 bridgehead atoms. The van der Waals surface area contributed by atoms with Crippen molar-refractivity contribution in [2.75, 3.05) is 6.54 Å². The summed E-state index contributed by atoms with van der Waals surface area (Å²) in [5.74, 6) is -2.60. The third-order valence-corrected chi connectivity index (χ3v) is 7.22. The monoisotopic (exact) mass is 527 g/mol. The fourth-order valence-corrected chi connectivity index (χ4v) is 4.82. The number of hydrogen-bond acceptors (Lipinski definition) is 5. The molecule has 5 unspecified atom stereocenters. The van der Waals surface area contributed by atoms with Crippen LogP contribution in [0.2, 0.25) is 0 Å². The Morgan fingerprint density at radius 3 is 2.39 bits per heavy atom. The zero-order chi connectivity index (χ0) is 27.8. The Balaban J connectivity index is 1.82. The third-order valence-electron chi connectivity index (χ3n) is 7.22. The smallest absolute Gasteiger partial charge is 0.326 e. The Labute approximate surface area is 223 Å². The molecule has 5 atom stereocenters. The molecular weight excluding hydrogens is 486 g/mol. The lowest BCUT2D eigenvalue weighted by atomic mass is 9.96. The third kappa shape index (κ3) is 7.56. The minimum Gasteiger partial charge on any atom is -0.480 e. The normalized spacial score (nSPS) is 18.5. The number of fused-ring (bicyclic) bond motifs is 1. The molecule has 0 saturated carbocycles. The van der Waals surface area contributed by atoms with Crippen molar-refractivity contribution in [3.8, 4) is 0 Å². The summed E-state index contributed by atoms with van der Waals surface area (Å²) in [5.41, 5.74) is 1.79. The molecule has 1 aromatic heterocycles. The van der Waals surface area contributed by atoms with Gasteiger partial charge in [0.15, 0.2) is 0 Å². The van der Waals surface area contributed by atoms with Gasteiger partial charge in [-0.15, -0.1) is 0 Å². The summed E-state index contributed by atoms with van der Waals surface area (Å²) in [5, 5.41) is 22.0. The number of benzene rings is 1. The number of aromatic nitrogens is 1. The number of H-pyrrole nitrogens is 1. The molecule has 0 aliphatic carbocycles. The maximum Gasteiger partial charge on any atom is 0.326 e. The average molecular weight is 528 g/mol. The molecule has 10 nitrogen and oxygen atoms in total. The van der Waals surface area contributed by atoms with Gasteiger partial charge in [-0.3, -0.25) is 14.4 Å². The van der Waals surface area contributed by atoms with E-state index in [1.807, 2.05) is 58.2 Å². The Morgan fingerprint density at radius 2 is 1.76 bits per heavy atom. The standard InChI is InChI=1S/C28H41N5O5/c1-5-17(4)24(27(36)32-23(28(37)38)13-16(2)3)33-26(35)22(31-25(34)21-11-8-12-29-21)14-18-15-30-20-10-7-6-9-19(18)20/h6-7,9-10,15-17,21-24,29-30H,5,8,11-14H2,1-4H3,(H,31,34)(H,32,36)(H,33,35)(H,37,38). The first-order valence-corrected chi connectivity index (χ1v) is 13.5. The minimum absolute atomic E-state index is 0.0630. The molecule has 1 aromatic carbocycles. The van der Waals surface area contributed by atoms with Gasteiger partial charge < -0.3 is 31.4 Å². The van der Waals surface area contributed by atoms with Crippen LogP contribution in [0.5, 0.6) is 0 Å². The van der Waals surface area contributed by atoms with Gasteiger partial charge in [-0.25, -0.2) is 4.79 Å². The first kappa shape index (κ1) is 29.2. The number of carboxylic acids is 1. The maximum absolute atomic E-state index is 13.6. The lowest BCUT2D eigenvalue weighted by molar-refractivity contribution is -0.143. The van der Waals surface area contributed by atoms with Crippen LogP contribution < -0.4 is 21.3 Å². The number of aliphatic carboxylic acids is 1. The number of para-hydroxylation sites is 1. The van der Waals surface area contributed by atoms with Crippen molar-refractivity contribution in [1.29, 1.82) is 0 Å². The van der Waals surface area contributed by atoms with E-state index in [0.29, 0.717) is 12.8 Å². The van der Waals surface area contributed by atoms with Gasteiger partial charge in [-0.2, -0.15) is 0 Å². The van der Waals surface area contributed by atoms with Crippen molar-refractivity contribution in [3.05, 3.63) is 36.0 Å². The van der Waals surface area contributed by atoms with E-state index in [4.69, 9.17) is 0 Å². The number of carboxylic acid groups (broad SMARTS) is 1. The molecule has 1 aliphatic rings. The van der Waals surface area contributed by atoms with Gasteiger partial charge >= 0.3 is 5.97 Å². The molecule has 3 amide bonds. The molecule has 2 aromatic rings. The van der Waals surface area contributed by atoms with Crippen molar-refractivity contribution < 1.29 is 24.3 Å². The lowest BCUT2D eigenvalue weighted by Gasteiger charge is -2.28. The molecule has 2 heterocycles. The van der Waals surface area contributed by atoms with Gasteiger partial charge in [-0.05, 0) is 49.3 Å². The van der Waals surface area contributed by atoms with E-state index in [-0.39, 0.29) is 36.6 Å². The Morgan fingerprint density at radius 1 is 1.03 bits per heavy atom. The first-order valence-electron chi connectivity index (χ1n) is 13.5. The van der Waals surface area contributed by atoms with E-state index in [0.717, 1.165) is 29.4 Å². The Hall–Kier alpha value is -3.40. The lowest BCUT2D eigenvalue weighted by Crippen LogP contribution is -2.59. The van der Waals surface area contributed by atoms with E-state index in [2.05, 4.69) is 26.3 Å². The largest absolute Gasteiger partial charge is 0.480 e. The van der Waals surface area contributed by atoms with Crippen molar-refractivity contribution in [2.24, 2.45) is 11.8 Å². The van der Waals surface area contributed by atoms with E-state index < -0.39 is 35.9 Å². The number of aromatic amines is 1. The van der Waals surface area contributed by atoms with Crippen LogP contribution in [-0.4, -0.2) is 64.5 Å². The van der Waals surface area contributed by atoms with Crippen molar-refractivity contribution in [3.63, 3.8) is 0 Å². The van der Waals surface area contributed by atoms with Crippen LogP contribution >= 0.6 is 0 Å². The Kier molecular flexibility index (Phi) is 10.3. The predicted molar refractivity (Wildman–Crippen MR) is 145 cm³/mol. The van der Waals surface area contributed by atoms with Crippen molar-refractivity contribution in [1.82, 2.24) is 26.3 Å². The van der Waals surface area contributed by atoms with Gasteiger partial charge in [0.1, 0.15) is 18.1 Å². The molecule has 1 aliphatic heterocycles. The van der Waals surface area contributed by atoms with Crippen LogP contribution in [0.25, 0.3) is 10.9 Å². The topological polar surface area (TPSA) is 152 Å². The molecule has 1 fully saturated rings. The second-order valence-corrected chi connectivity index (χ2v) is 10.7. The fraction of sp³-hybridized carbons (Fsp3) is 0.571. The van der Waals surface area contributed by atoms with Crippen LogP contribution in [0, 0.1) is 11.8 Å². The molecule has 6 N–H and O–H groups in total. The highest BCUT2D eigenvalue weighted by molar-refractivity contribution is 5.95. The zero-order valence-electron chi connectivity index (χ0n) is 22.7. The summed E-state index contributed by atoms with van der Waals surface area (Å²) >= 11 is 0. The van der Waals surface area contributed by atoms with Crippen LogP contribution in [0.1, 0.15) is 58.9 Å². The molecule has 0 spiro atoms. The van der Waals surface area contributed by atoms with Gasteiger partial charge in [0.25, 0.3) is 0 Å². The van der Waals surface area contributed by atoms with Crippen molar-refractivity contribution >= 4 is 34.6 Å². The second-order valence-electron chi connectivity index (χ2n) is 10.7. The van der Waals surface area contributed by atoms with Gasteiger partial charge in [0, 0.05) is 23.5 Å². The summed E-state index contributed by atoms with van der Waals surface area (Å²) in [6, 6.07) is 4.42. The number of carbonyl (C=O) groups is 4. The number of hydrogen-bond donors (Lipinski definition) is 6. The van der Waals surface area contributed by atoms with Gasteiger partial charge in [0.2, 0.25) is 17.7 Å². The van der Waals surface area contributed by atoms with E-state index in [9.17, 15) is 24.3 Å². The molecule has 3 rings (SSSR count). The highest BCUT2D eigenvalue weighted by Crippen LogP contribution is 2.20. The van der Waals surface area contributed by atoms with Crippen LogP contribution in [-0.2, 0) is 25.6 Å². The van der Waals surface area contributed by atoms with Crippen LogP contribution in [0.4, 0.5) is 0 Å². The van der Waals surface area contributed by atoms with Crippen molar-refractivity contribution in [2.45, 2.75) is 84.0 Å². The summed E-state index contributed by atoms with van der Waals surface area (Å²) in [4.78, 5) is 54.8. The highest BCUT2D eigenvalue weighted by atomic mass is 16.4. The first-order chi connectivity index (χ1) is 18.1. The van der Waals surface area contributed by atoms with Crippen LogP contribution in [0.3, 0.4) is 0 Å². The van der Waals surface area contributed by atoms with Gasteiger partial charge in [0.05, 0.1) is 6.04 Å². The molecule has 1 saturated heterocycles. The van der Waals surface area contributed by atoms with E-state index >= 15 is 0 Å². The average Bonchev–Trinajstić information content (AvgIpc) is 3.56. The molecule has 0 radical (unpaired) electrons. The van der Waals surface area contributed by atoms with E-state index in [1.165, 1.54) is 0 Å². The van der Waals surface area contributed by atoms with Gasteiger partial charge in [-0.1, -0.05) is 52.3 Å². The second kappa shape index (κ2) is 13.4. The Bertz CT molecular complexity index is 1120. The van der Waals surface area contributed by atoms with E-state index in [1.54, 1.807) is 0 Å². The number of nitrogens with one attached hydrogen (secondary N) is 5. The minimum atomic E-state index is -1.12. The SMILES string of the molecule is CCC(C)C(NC(=O)C(Cc1c[nH]c2ccccc12)NC(=O)C1CCCN1)C(=O)NC(CC(C)C)C(=O)O.